The van der Waals surface area contributed by atoms with Crippen LogP contribution in [0.15, 0.2) is 10.6 Å². The van der Waals surface area contributed by atoms with Crippen molar-refractivity contribution >= 4 is 22.3 Å². The van der Waals surface area contributed by atoms with Crippen LogP contribution in [0.25, 0.3) is 0 Å². The molecule has 1 aromatic rings. The van der Waals surface area contributed by atoms with Gasteiger partial charge in [0.25, 0.3) is 0 Å². The normalized spacial score (nSPS) is 18.0. The summed E-state index contributed by atoms with van der Waals surface area (Å²) in [6, 6.07) is 1.63. The van der Waals surface area contributed by atoms with E-state index in [2.05, 4.69) is 10.5 Å². The van der Waals surface area contributed by atoms with E-state index in [-0.39, 0.29) is 11.1 Å². The van der Waals surface area contributed by atoms with E-state index in [4.69, 9.17) is 14.0 Å². The monoisotopic (exact) mass is 390 g/mol. The van der Waals surface area contributed by atoms with Crippen molar-refractivity contribution in [3.8, 4) is 0 Å². The Morgan fingerprint density at radius 2 is 1.96 bits per heavy atom. The Hall–Kier alpha value is -1.13. The predicted molar refractivity (Wildman–Crippen MR) is 101 cm³/mol. The minimum absolute atomic E-state index is 0.240. The van der Waals surface area contributed by atoms with Crippen LogP contribution >= 0.6 is 10.6 Å². The number of amides is 1. The SMILES string of the molecule is COCC(C)(C)c1cc(NC(=O)C(C)(C)S(O)(O)C2CCOCC2)no1. The highest BCUT2D eigenvalue weighted by Crippen LogP contribution is 2.58. The van der Waals surface area contributed by atoms with Crippen molar-refractivity contribution in [2.24, 2.45) is 0 Å². The highest BCUT2D eigenvalue weighted by molar-refractivity contribution is 8.26. The largest absolute Gasteiger partial charge is 0.384 e. The number of hydrogen-bond donors (Lipinski definition) is 3. The summed E-state index contributed by atoms with van der Waals surface area (Å²) in [5.41, 5.74) is -0.398. The van der Waals surface area contributed by atoms with E-state index in [0.717, 1.165) is 0 Å². The number of methoxy groups -OCH3 is 1. The first-order valence-corrected chi connectivity index (χ1v) is 10.3. The molecule has 1 aliphatic heterocycles. The molecular weight excluding hydrogens is 360 g/mol. The lowest BCUT2D eigenvalue weighted by atomic mass is 9.91. The maximum absolute atomic E-state index is 12.8. The molecule has 0 saturated carbocycles. The molecule has 1 saturated heterocycles. The summed E-state index contributed by atoms with van der Waals surface area (Å²) >= 11 is 0. The van der Waals surface area contributed by atoms with Crippen LogP contribution in [0.5, 0.6) is 0 Å². The van der Waals surface area contributed by atoms with Gasteiger partial charge >= 0.3 is 0 Å². The third-order valence-electron chi connectivity index (χ3n) is 4.85. The van der Waals surface area contributed by atoms with Gasteiger partial charge in [-0.05, 0) is 26.7 Å². The summed E-state index contributed by atoms with van der Waals surface area (Å²) in [5, 5.41) is 6.17. The first kappa shape index (κ1) is 21.2. The van der Waals surface area contributed by atoms with Crippen molar-refractivity contribution in [3.05, 3.63) is 11.8 Å². The molecule has 0 unspecified atom stereocenters. The number of ether oxygens (including phenoxy) is 2. The topological polar surface area (TPSA) is 114 Å². The number of nitrogens with zero attached hydrogens (tertiary/aromatic N) is 1. The van der Waals surface area contributed by atoms with E-state index >= 15 is 0 Å². The van der Waals surface area contributed by atoms with Gasteiger partial charge in [-0.25, -0.2) is 0 Å². The van der Waals surface area contributed by atoms with Gasteiger partial charge in [0.1, 0.15) is 10.5 Å². The molecule has 8 nitrogen and oxygen atoms in total. The number of rotatable bonds is 7. The van der Waals surface area contributed by atoms with E-state index in [9.17, 15) is 13.9 Å². The van der Waals surface area contributed by atoms with E-state index < -0.39 is 26.7 Å². The van der Waals surface area contributed by atoms with Gasteiger partial charge in [-0.15, -0.1) is 0 Å². The fourth-order valence-corrected chi connectivity index (χ4v) is 4.92. The Morgan fingerprint density at radius 1 is 1.35 bits per heavy atom. The van der Waals surface area contributed by atoms with Crippen molar-refractivity contribution < 1.29 is 27.9 Å². The fraction of sp³-hybridized carbons (Fsp3) is 0.765. The van der Waals surface area contributed by atoms with Gasteiger partial charge in [-0.3, -0.25) is 13.9 Å². The number of anilines is 1. The minimum atomic E-state index is -3.18. The summed E-state index contributed by atoms with van der Waals surface area (Å²) in [6.45, 7) is 8.35. The number of aromatic nitrogens is 1. The van der Waals surface area contributed by atoms with E-state index in [1.165, 1.54) is 0 Å². The van der Waals surface area contributed by atoms with Crippen LogP contribution in [0.1, 0.15) is 46.3 Å². The molecule has 1 aliphatic rings. The van der Waals surface area contributed by atoms with Crippen molar-refractivity contribution in [2.75, 3.05) is 32.2 Å². The molecule has 150 valence electrons. The van der Waals surface area contributed by atoms with Crippen LogP contribution in [-0.2, 0) is 19.7 Å². The quantitative estimate of drug-likeness (QED) is 0.655. The molecule has 3 N–H and O–H groups in total. The van der Waals surface area contributed by atoms with Gasteiger partial charge in [0.2, 0.25) is 5.91 Å². The second kappa shape index (κ2) is 7.85. The zero-order valence-corrected chi connectivity index (χ0v) is 16.9. The molecule has 0 aliphatic carbocycles. The summed E-state index contributed by atoms with van der Waals surface area (Å²) < 4.78 is 36.0. The maximum atomic E-state index is 12.8. The van der Waals surface area contributed by atoms with Crippen LogP contribution in [-0.4, -0.2) is 57.1 Å². The molecule has 0 radical (unpaired) electrons. The van der Waals surface area contributed by atoms with Crippen LogP contribution in [0.4, 0.5) is 5.82 Å². The number of nitrogens with one attached hydrogen (secondary N) is 1. The Balaban J connectivity index is 2.11. The average Bonchev–Trinajstić information content (AvgIpc) is 3.05. The van der Waals surface area contributed by atoms with Gasteiger partial charge in [0.15, 0.2) is 5.82 Å². The molecule has 9 heteroatoms. The lowest BCUT2D eigenvalue weighted by Gasteiger charge is -2.51. The van der Waals surface area contributed by atoms with Crippen molar-refractivity contribution in [1.29, 1.82) is 0 Å². The highest BCUT2D eigenvalue weighted by Gasteiger charge is 2.46. The molecular formula is C17H30N2O6S. The van der Waals surface area contributed by atoms with E-state index in [1.54, 1.807) is 27.0 Å². The van der Waals surface area contributed by atoms with Gasteiger partial charge in [-0.1, -0.05) is 19.0 Å². The van der Waals surface area contributed by atoms with Gasteiger partial charge < -0.3 is 19.3 Å². The zero-order chi connectivity index (χ0) is 19.6. The molecule has 1 fully saturated rings. The third kappa shape index (κ3) is 4.23. The minimum Gasteiger partial charge on any atom is -0.384 e. The Morgan fingerprint density at radius 3 is 2.54 bits per heavy atom. The number of carbonyl (C=O) groups is 1. The van der Waals surface area contributed by atoms with Crippen LogP contribution in [0, 0.1) is 0 Å². The van der Waals surface area contributed by atoms with Crippen molar-refractivity contribution in [2.45, 2.75) is 55.9 Å². The van der Waals surface area contributed by atoms with Gasteiger partial charge in [-0.2, -0.15) is 10.6 Å². The first-order chi connectivity index (χ1) is 12.0. The summed E-state index contributed by atoms with van der Waals surface area (Å²) in [6.07, 6.45) is 1.05. The molecule has 1 amide bonds. The molecule has 0 bridgehead atoms. The molecule has 0 atom stereocenters. The van der Waals surface area contributed by atoms with E-state index in [0.29, 0.717) is 38.4 Å². The van der Waals surface area contributed by atoms with Crippen molar-refractivity contribution in [1.82, 2.24) is 5.16 Å². The molecule has 2 rings (SSSR count). The van der Waals surface area contributed by atoms with Crippen LogP contribution in [0.3, 0.4) is 0 Å². The summed E-state index contributed by atoms with van der Waals surface area (Å²) in [7, 11) is -1.58. The molecule has 0 aromatic carbocycles. The summed E-state index contributed by atoms with van der Waals surface area (Å²) in [4.78, 5) is 12.8. The zero-order valence-electron chi connectivity index (χ0n) is 16.1. The van der Waals surface area contributed by atoms with Crippen LogP contribution < -0.4 is 5.32 Å². The number of carbonyl (C=O) groups excluding carboxylic acids is 1. The van der Waals surface area contributed by atoms with E-state index in [1.807, 2.05) is 13.8 Å². The number of hydrogen-bond acceptors (Lipinski definition) is 7. The third-order valence-corrected chi connectivity index (χ3v) is 7.94. The smallest absolute Gasteiger partial charge is 0.250 e. The lowest BCUT2D eigenvalue weighted by Crippen LogP contribution is -2.46. The molecule has 0 spiro atoms. The fourth-order valence-electron chi connectivity index (χ4n) is 2.91. The highest BCUT2D eigenvalue weighted by atomic mass is 32.3. The Kier molecular flexibility index (Phi) is 6.40. The van der Waals surface area contributed by atoms with Crippen LogP contribution in [0.2, 0.25) is 0 Å². The Bertz CT molecular complexity index is 623. The summed E-state index contributed by atoms with van der Waals surface area (Å²) in [5.74, 6) is 0.307. The Labute approximate surface area is 156 Å². The second-order valence-corrected chi connectivity index (χ2v) is 10.6. The first-order valence-electron chi connectivity index (χ1n) is 8.64. The standard InChI is InChI=1S/C17H30N2O6S/c1-16(2,11-23-5)13-10-14(19-25-13)18-15(20)17(3,4)26(21,22)12-6-8-24-9-7-12/h10,12,21-22H,6-9,11H2,1-5H3,(H,18,19,20). The molecule has 26 heavy (non-hydrogen) atoms. The molecule has 2 heterocycles. The van der Waals surface area contributed by atoms with Gasteiger partial charge in [0.05, 0.1) is 11.9 Å². The molecule has 1 aromatic heterocycles. The lowest BCUT2D eigenvalue weighted by molar-refractivity contribution is -0.118. The predicted octanol–water partition coefficient (Wildman–Crippen LogP) is 3.25. The van der Waals surface area contributed by atoms with Crippen molar-refractivity contribution in [3.63, 3.8) is 0 Å². The van der Waals surface area contributed by atoms with Gasteiger partial charge in [0, 0.05) is 31.8 Å². The maximum Gasteiger partial charge on any atom is 0.250 e. The average molecular weight is 391 g/mol. The second-order valence-electron chi connectivity index (χ2n) is 7.76.